The maximum absolute atomic E-state index is 12.7. The minimum absolute atomic E-state index is 0.0887. The van der Waals surface area contributed by atoms with Crippen molar-refractivity contribution >= 4 is 52.2 Å². The van der Waals surface area contributed by atoms with E-state index in [0.717, 1.165) is 22.2 Å². The Morgan fingerprint density at radius 3 is 2.75 bits per heavy atom. The molecule has 0 aliphatic carbocycles. The lowest BCUT2D eigenvalue weighted by Gasteiger charge is -2.13. The second-order valence-corrected chi connectivity index (χ2v) is 8.11. The largest absolute Gasteiger partial charge is 0.493 e. The number of thioether (sulfide) groups is 1. The van der Waals surface area contributed by atoms with Crippen LogP contribution in [0.25, 0.3) is 6.08 Å². The van der Waals surface area contributed by atoms with Gasteiger partial charge in [-0.2, -0.15) is 0 Å². The number of hydrogen-bond donors (Lipinski definition) is 1. The number of carbonyl (C=O) groups excluding carboxylic acids is 3. The predicted octanol–water partition coefficient (Wildman–Crippen LogP) is 4.34. The number of halogens is 1. The fraction of sp³-hybridized carbons (Fsp3) is 0.174. The first-order valence-corrected chi connectivity index (χ1v) is 10.6. The Morgan fingerprint density at radius 2 is 2.03 bits per heavy atom. The molecule has 0 spiro atoms. The van der Waals surface area contributed by atoms with Crippen molar-refractivity contribution in [2.45, 2.75) is 6.92 Å². The molecule has 9 heteroatoms. The van der Waals surface area contributed by atoms with Gasteiger partial charge in [0.15, 0.2) is 11.5 Å². The Labute approximate surface area is 194 Å². The molecule has 1 aliphatic rings. The number of amides is 3. The van der Waals surface area contributed by atoms with E-state index >= 15 is 0 Å². The highest BCUT2D eigenvalue weighted by molar-refractivity contribution is 8.18. The molecule has 32 heavy (non-hydrogen) atoms. The second-order valence-electron chi connectivity index (χ2n) is 6.68. The Balaban J connectivity index is 1.72. The molecular formula is C23H19ClN2O5S. The van der Waals surface area contributed by atoms with E-state index in [1.165, 1.54) is 7.11 Å². The van der Waals surface area contributed by atoms with Crippen LogP contribution in [0.5, 0.6) is 11.5 Å². The number of aryl methyl sites for hydroxylation is 1. The summed E-state index contributed by atoms with van der Waals surface area (Å²) in [6.45, 7) is 1.49. The fourth-order valence-corrected chi connectivity index (χ4v) is 3.87. The Kier molecular flexibility index (Phi) is 7.46. The molecule has 1 aliphatic heterocycles. The molecule has 2 aromatic carbocycles. The summed E-state index contributed by atoms with van der Waals surface area (Å²) >= 11 is 6.72. The molecule has 0 atom stereocenters. The third-order valence-electron chi connectivity index (χ3n) is 4.45. The number of ether oxygens (including phenoxy) is 2. The van der Waals surface area contributed by atoms with E-state index in [-0.39, 0.29) is 11.5 Å². The van der Waals surface area contributed by atoms with Gasteiger partial charge in [-0.05, 0) is 60.2 Å². The van der Waals surface area contributed by atoms with Crippen molar-refractivity contribution in [3.8, 4) is 23.8 Å². The molecule has 0 radical (unpaired) electrons. The van der Waals surface area contributed by atoms with Gasteiger partial charge in [0.25, 0.3) is 11.1 Å². The predicted molar refractivity (Wildman–Crippen MR) is 125 cm³/mol. The summed E-state index contributed by atoms with van der Waals surface area (Å²) in [6, 6.07) is 10.1. The van der Waals surface area contributed by atoms with Crippen LogP contribution < -0.4 is 14.8 Å². The van der Waals surface area contributed by atoms with Gasteiger partial charge in [-0.1, -0.05) is 29.7 Å². The van der Waals surface area contributed by atoms with Gasteiger partial charge < -0.3 is 14.8 Å². The van der Waals surface area contributed by atoms with Crippen LogP contribution in [-0.2, 0) is 9.59 Å². The zero-order valence-corrected chi connectivity index (χ0v) is 18.9. The van der Waals surface area contributed by atoms with E-state index in [4.69, 9.17) is 27.5 Å². The lowest BCUT2D eigenvalue weighted by Crippen LogP contribution is -2.36. The molecular weight excluding hydrogens is 452 g/mol. The molecule has 0 bridgehead atoms. The van der Waals surface area contributed by atoms with E-state index in [2.05, 4.69) is 11.2 Å². The van der Waals surface area contributed by atoms with Crippen LogP contribution in [0, 0.1) is 19.3 Å². The number of anilines is 1. The van der Waals surface area contributed by atoms with Gasteiger partial charge in [0.1, 0.15) is 13.2 Å². The summed E-state index contributed by atoms with van der Waals surface area (Å²) in [5.74, 6) is 2.21. The number of methoxy groups -OCH3 is 1. The molecule has 0 unspecified atom stereocenters. The smallest absolute Gasteiger partial charge is 0.294 e. The van der Waals surface area contributed by atoms with Crippen LogP contribution in [0.2, 0.25) is 5.02 Å². The number of hydrogen-bond acceptors (Lipinski definition) is 6. The molecule has 1 N–H and O–H groups in total. The number of carbonyl (C=O) groups is 3. The molecule has 3 rings (SSSR count). The molecule has 3 amide bonds. The normalized spacial score (nSPS) is 14.4. The average Bonchev–Trinajstić information content (AvgIpc) is 3.02. The minimum atomic E-state index is -0.551. The first-order valence-electron chi connectivity index (χ1n) is 9.38. The SMILES string of the molecule is C#CCOc1ccc(/C=C2\SC(=O)N(CC(=O)Nc3cc(Cl)ccc3C)C2=O)cc1OC. The van der Waals surface area contributed by atoms with Gasteiger partial charge in [-0.15, -0.1) is 6.42 Å². The van der Waals surface area contributed by atoms with Gasteiger partial charge in [-0.3, -0.25) is 19.3 Å². The van der Waals surface area contributed by atoms with Crippen LogP contribution >= 0.6 is 23.4 Å². The van der Waals surface area contributed by atoms with Gasteiger partial charge >= 0.3 is 0 Å². The Bertz CT molecular complexity index is 1160. The monoisotopic (exact) mass is 470 g/mol. The van der Waals surface area contributed by atoms with Crippen LogP contribution in [0.3, 0.4) is 0 Å². The fourth-order valence-electron chi connectivity index (χ4n) is 2.86. The minimum Gasteiger partial charge on any atom is -0.493 e. The van der Waals surface area contributed by atoms with Crippen molar-refractivity contribution in [3.63, 3.8) is 0 Å². The van der Waals surface area contributed by atoms with Gasteiger partial charge in [-0.25, -0.2) is 0 Å². The quantitative estimate of drug-likeness (QED) is 0.478. The van der Waals surface area contributed by atoms with Crippen molar-refractivity contribution in [2.24, 2.45) is 0 Å². The van der Waals surface area contributed by atoms with E-state index < -0.39 is 23.6 Å². The lowest BCUT2D eigenvalue weighted by atomic mass is 10.2. The van der Waals surface area contributed by atoms with Crippen molar-refractivity contribution < 1.29 is 23.9 Å². The maximum Gasteiger partial charge on any atom is 0.294 e. The van der Waals surface area contributed by atoms with E-state index in [1.54, 1.807) is 42.5 Å². The Morgan fingerprint density at radius 1 is 1.25 bits per heavy atom. The summed E-state index contributed by atoms with van der Waals surface area (Å²) in [5, 5.41) is 2.62. The molecule has 1 saturated heterocycles. The highest BCUT2D eigenvalue weighted by Gasteiger charge is 2.36. The zero-order chi connectivity index (χ0) is 23.3. The number of benzene rings is 2. The molecule has 1 heterocycles. The van der Waals surface area contributed by atoms with Gasteiger partial charge in [0.2, 0.25) is 5.91 Å². The topological polar surface area (TPSA) is 84.9 Å². The highest BCUT2D eigenvalue weighted by Crippen LogP contribution is 2.34. The van der Waals surface area contributed by atoms with Crippen molar-refractivity contribution in [1.82, 2.24) is 4.90 Å². The molecule has 0 aromatic heterocycles. The van der Waals surface area contributed by atoms with Crippen molar-refractivity contribution in [2.75, 3.05) is 25.6 Å². The second kappa shape index (κ2) is 10.3. The van der Waals surface area contributed by atoms with Gasteiger partial charge in [0.05, 0.1) is 12.0 Å². The summed E-state index contributed by atoms with van der Waals surface area (Å²) in [4.78, 5) is 38.6. The van der Waals surface area contributed by atoms with E-state index in [9.17, 15) is 14.4 Å². The van der Waals surface area contributed by atoms with Crippen molar-refractivity contribution in [3.05, 3.63) is 57.5 Å². The van der Waals surface area contributed by atoms with Crippen LogP contribution in [0.4, 0.5) is 10.5 Å². The van der Waals surface area contributed by atoms with Crippen LogP contribution in [-0.4, -0.2) is 42.2 Å². The first kappa shape index (κ1) is 23.3. The van der Waals surface area contributed by atoms with E-state index in [1.807, 2.05) is 6.92 Å². The Hall–Kier alpha value is -3.41. The summed E-state index contributed by atoms with van der Waals surface area (Å²) in [5.41, 5.74) is 1.95. The molecule has 0 saturated carbocycles. The first-order chi connectivity index (χ1) is 15.3. The third-order valence-corrected chi connectivity index (χ3v) is 5.59. The number of imide groups is 1. The average molecular weight is 471 g/mol. The molecule has 164 valence electrons. The van der Waals surface area contributed by atoms with Crippen LogP contribution in [0.1, 0.15) is 11.1 Å². The third kappa shape index (κ3) is 5.44. The summed E-state index contributed by atoms with van der Waals surface area (Å²) in [6.07, 6.45) is 6.76. The van der Waals surface area contributed by atoms with E-state index in [0.29, 0.717) is 27.8 Å². The highest BCUT2D eigenvalue weighted by atomic mass is 35.5. The lowest BCUT2D eigenvalue weighted by molar-refractivity contribution is -0.127. The maximum atomic E-state index is 12.7. The molecule has 7 nitrogen and oxygen atoms in total. The van der Waals surface area contributed by atoms with Crippen LogP contribution in [0.15, 0.2) is 41.3 Å². The molecule has 1 fully saturated rings. The van der Waals surface area contributed by atoms with Gasteiger partial charge in [0, 0.05) is 10.7 Å². The number of rotatable bonds is 7. The summed E-state index contributed by atoms with van der Waals surface area (Å²) < 4.78 is 10.7. The standard InChI is InChI=1S/C23H19ClN2O5S/c1-4-9-31-18-8-6-15(10-19(18)30-3)11-20-22(28)26(23(29)32-20)13-21(27)25-17-12-16(24)7-5-14(17)2/h1,5-8,10-12H,9,13H2,2-3H3,(H,25,27)/b20-11-. The number of terminal acetylenes is 1. The van der Waals surface area contributed by atoms with Crippen molar-refractivity contribution in [1.29, 1.82) is 0 Å². The summed E-state index contributed by atoms with van der Waals surface area (Å²) in [7, 11) is 1.48. The number of nitrogens with one attached hydrogen (secondary N) is 1. The zero-order valence-electron chi connectivity index (χ0n) is 17.3. The molecule has 2 aromatic rings. The number of nitrogens with zero attached hydrogens (tertiary/aromatic N) is 1.